The number of aromatic nitrogens is 2. The summed E-state index contributed by atoms with van der Waals surface area (Å²) in [5, 5.41) is 15.8. The Labute approximate surface area is 133 Å². The van der Waals surface area contributed by atoms with Crippen LogP contribution in [0.1, 0.15) is 18.2 Å². The largest absolute Gasteiger partial charge is 0.493 e. The third-order valence-corrected chi connectivity index (χ3v) is 3.30. The highest BCUT2D eigenvalue weighted by Crippen LogP contribution is 2.27. The molecule has 1 amide bonds. The number of hydrogen-bond donors (Lipinski definition) is 2. The maximum Gasteiger partial charge on any atom is 0.308 e. The summed E-state index contributed by atoms with van der Waals surface area (Å²) in [5.74, 6) is 1.18. The molecule has 8 nitrogen and oxygen atoms in total. The van der Waals surface area contributed by atoms with E-state index < -0.39 is 0 Å². The molecule has 0 saturated carbocycles. The first-order valence-corrected chi connectivity index (χ1v) is 7.07. The molecule has 2 rings (SSSR count). The Bertz CT molecular complexity index is 684. The number of hydrogen-bond acceptors (Lipinski definition) is 6. The number of nitrogens with one attached hydrogen (secondary N) is 1. The number of aliphatic hydroxyl groups is 1. The van der Waals surface area contributed by atoms with E-state index in [1.54, 1.807) is 14.2 Å². The molecule has 124 valence electrons. The van der Waals surface area contributed by atoms with Gasteiger partial charge in [-0.3, -0.25) is 14.6 Å². The zero-order chi connectivity index (χ0) is 16.8. The van der Waals surface area contributed by atoms with Crippen LogP contribution < -0.4 is 19.5 Å². The quantitative estimate of drug-likeness (QED) is 0.727. The normalized spacial score (nSPS) is 10.4. The van der Waals surface area contributed by atoms with Gasteiger partial charge in [0.2, 0.25) is 11.2 Å². The molecule has 0 unspecified atom stereocenters. The van der Waals surface area contributed by atoms with Gasteiger partial charge in [-0.1, -0.05) is 6.07 Å². The van der Waals surface area contributed by atoms with E-state index in [0.717, 1.165) is 5.56 Å². The van der Waals surface area contributed by atoms with E-state index in [1.807, 2.05) is 18.2 Å². The zero-order valence-electron chi connectivity index (χ0n) is 13.3. The summed E-state index contributed by atoms with van der Waals surface area (Å²) in [5.41, 5.74) is 1.43. The highest BCUT2D eigenvalue weighted by molar-refractivity contribution is 5.87. The van der Waals surface area contributed by atoms with Crippen molar-refractivity contribution in [1.29, 1.82) is 0 Å². The van der Waals surface area contributed by atoms with Crippen molar-refractivity contribution in [2.24, 2.45) is 0 Å². The third kappa shape index (κ3) is 3.98. The Kier molecular flexibility index (Phi) is 5.53. The third-order valence-electron chi connectivity index (χ3n) is 3.30. The van der Waals surface area contributed by atoms with Crippen molar-refractivity contribution in [2.75, 3.05) is 19.5 Å². The second kappa shape index (κ2) is 7.59. The van der Waals surface area contributed by atoms with Crippen LogP contribution in [0.4, 0.5) is 5.88 Å². The molecule has 0 aliphatic carbocycles. The smallest absolute Gasteiger partial charge is 0.308 e. The first-order chi connectivity index (χ1) is 11.1. The Hall–Kier alpha value is -2.61. The van der Waals surface area contributed by atoms with Gasteiger partial charge in [0.1, 0.15) is 6.61 Å². The molecule has 0 saturated heterocycles. The number of amides is 1. The van der Waals surface area contributed by atoms with Crippen molar-refractivity contribution in [1.82, 2.24) is 5.27 Å². The molecule has 0 aliphatic rings. The molecule has 1 aromatic heterocycles. The SMILES string of the molecule is COc1ccc(CC[n+]2noc(NC(C)=O)c2CO)cc1OC. The predicted molar refractivity (Wildman–Crippen MR) is 80.2 cm³/mol. The van der Waals surface area contributed by atoms with Crippen molar-refractivity contribution in [3.05, 3.63) is 29.5 Å². The van der Waals surface area contributed by atoms with Gasteiger partial charge in [-0.05, 0) is 22.4 Å². The minimum atomic E-state index is -0.289. The van der Waals surface area contributed by atoms with E-state index in [1.165, 1.54) is 11.6 Å². The molecular weight excluding hydrogens is 302 g/mol. The summed E-state index contributed by atoms with van der Waals surface area (Å²) in [6.07, 6.45) is 0.643. The molecule has 0 radical (unpaired) electrons. The van der Waals surface area contributed by atoms with E-state index in [-0.39, 0.29) is 18.4 Å². The minimum Gasteiger partial charge on any atom is -0.493 e. The fraction of sp³-hybridized carbons (Fsp3) is 0.400. The molecule has 0 spiro atoms. The monoisotopic (exact) mass is 322 g/mol. The summed E-state index contributed by atoms with van der Waals surface area (Å²) in [4.78, 5) is 11.1. The number of ether oxygens (including phenoxy) is 2. The van der Waals surface area contributed by atoms with Gasteiger partial charge < -0.3 is 14.6 Å². The lowest BCUT2D eigenvalue weighted by Gasteiger charge is -2.08. The maximum absolute atomic E-state index is 11.1. The van der Waals surface area contributed by atoms with Crippen LogP contribution in [-0.2, 0) is 24.4 Å². The Morgan fingerprint density at radius 1 is 1.35 bits per heavy atom. The van der Waals surface area contributed by atoms with Crippen LogP contribution in [0.2, 0.25) is 0 Å². The molecule has 0 bridgehead atoms. The number of aryl methyl sites for hydroxylation is 2. The maximum atomic E-state index is 11.1. The fourth-order valence-electron chi connectivity index (χ4n) is 2.16. The van der Waals surface area contributed by atoms with E-state index in [4.69, 9.17) is 14.0 Å². The number of anilines is 1. The van der Waals surface area contributed by atoms with Crippen LogP contribution in [0.3, 0.4) is 0 Å². The number of nitrogens with zero attached hydrogens (tertiary/aromatic N) is 2. The Balaban J connectivity index is 2.12. The standard InChI is InChI=1S/C15H19N3O5/c1-10(20)16-15-12(9-19)18(17-23-15)7-6-11-4-5-13(21-2)14(8-11)22-3/h4-5,8,19H,6-7,9H2,1-3H3/p+1. The zero-order valence-corrected chi connectivity index (χ0v) is 13.3. The number of benzene rings is 1. The molecule has 0 fully saturated rings. The van der Waals surface area contributed by atoms with E-state index in [0.29, 0.717) is 30.2 Å². The van der Waals surface area contributed by atoms with Gasteiger partial charge in [-0.2, -0.15) is 0 Å². The molecule has 2 aromatic rings. The van der Waals surface area contributed by atoms with Crippen molar-refractivity contribution in [3.8, 4) is 11.5 Å². The number of aliphatic hydroxyl groups excluding tert-OH is 1. The van der Waals surface area contributed by atoms with Gasteiger partial charge >= 0.3 is 5.88 Å². The molecule has 8 heteroatoms. The first-order valence-electron chi connectivity index (χ1n) is 7.07. The molecule has 23 heavy (non-hydrogen) atoms. The Morgan fingerprint density at radius 3 is 2.70 bits per heavy atom. The number of carbonyl (C=O) groups is 1. The molecular formula is C15H20N3O5+. The summed E-state index contributed by atoms with van der Waals surface area (Å²) in [7, 11) is 3.16. The molecule has 1 aromatic carbocycles. The average molecular weight is 322 g/mol. The van der Waals surface area contributed by atoms with Crippen LogP contribution >= 0.6 is 0 Å². The number of methoxy groups -OCH3 is 2. The van der Waals surface area contributed by atoms with Gasteiger partial charge in [0.05, 0.1) is 14.2 Å². The molecule has 2 N–H and O–H groups in total. The topological polar surface area (TPSA) is 97.7 Å². The summed E-state index contributed by atoms with van der Waals surface area (Å²) in [6.45, 7) is 1.55. The second-order valence-electron chi connectivity index (χ2n) is 4.85. The average Bonchev–Trinajstić information content (AvgIpc) is 2.93. The van der Waals surface area contributed by atoms with Crippen molar-refractivity contribution in [2.45, 2.75) is 26.5 Å². The summed E-state index contributed by atoms with van der Waals surface area (Å²) in [6, 6.07) is 5.64. The van der Waals surface area contributed by atoms with Gasteiger partial charge in [0, 0.05) is 13.3 Å². The van der Waals surface area contributed by atoms with Gasteiger partial charge in [0.25, 0.3) is 5.69 Å². The lowest BCUT2D eigenvalue weighted by Crippen LogP contribution is -2.40. The fourth-order valence-corrected chi connectivity index (χ4v) is 2.16. The number of carbonyl (C=O) groups excluding carboxylic acids is 1. The molecule has 0 atom stereocenters. The van der Waals surface area contributed by atoms with Crippen LogP contribution in [0, 0.1) is 0 Å². The second-order valence-corrected chi connectivity index (χ2v) is 4.85. The van der Waals surface area contributed by atoms with Crippen molar-refractivity contribution >= 4 is 11.8 Å². The van der Waals surface area contributed by atoms with Crippen molar-refractivity contribution in [3.63, 3.8) is 0 Å². The van der Waals surface area contributed by atoms with Crippen LogP contribution in [-0.4, -0.2) is 30.5 Å². The van der Waals surface area contributed by atoms with Crippen LogP contribution in [0.25, 0.3) is 0 Å². The van der Waals surface area contributed by atoms with Gasteiger partial charge in [0.15, 0.2) is 18.0 Å². The van der Waals surface area contributed by atoms with Gasteiger partial charge in [-0.25, -0.2) is 0 Å². The lowest BCUT2D eigenvalue weighted by molar-refractivity contribution is -0.769. The number of rotatable bonds is 7. The van der Waals surface area contributed by atoms with E-state index >= 15 is 0 Å². The van der Waals surface area contributed by atoms with Gasteiger partial charge in [-0.15, -0.1) is 0 Å². The Morgan fingerprint density at radius 2 is 2.09 bits per heavy atom. The highest BCUT2D eigenvalue weighted by Gasteiger charge is 2.24. The molecule has 1 heterocycles. The highest BCUT2D eigenvalue weighted by atomic mass is 16.5. The van der Waals surface area contributed by atoms with Crippen molar-refractivity contribution < 1.29 is 28.6 Å². The summed E-state index contributed by atoms with van der Waals surface area (Å²) < 4.78 is 17.0. The van der Waals surface area contributed by atoms with Crippen LogP contribution in [0.5, 0.6) is 11.5 Å². The van der Waals surface area contributed by atoms with E-state index in [2.05, 4.69) is 10.6 Å². The predicted octanol–water partition coefficient (Wildman–Crippen LogP) is 0.673. The van der Waals surface area contributed by atoms with Crippen LogP contribution in [0.15, 0.2) is 22.7 Å². The first kappa shape index (κ1) is 16.8. The van der Waals surface area contributed by atoms with E-state index in [9.17, 15) is 9.90 Å². The summed E-state index contributed by atoms with van der Waals surface area (Å²) >= 11 is 0. The minimum absolute atomic E-state index is 0.160. The molecule has 0 aliphatic heterocycles. The lowest BCUT2D eigenvalue weighted by atomic mass is 10.1.